The molecule has 0 saturated carbocycles. The average Bonchev–Trinajstić information content (AvgIpc) is 2.40. The van der Waals surface area contributed by atoms with Crippen molar-refractivity contribution in [3.63, 3.8) is 0 Å². The van der Waals surface area contributed by atoms with Crippen LogP contribution in [0.4, 0.5) is 0 Å². The lowest BCUT2D eigenvalue weighted by Gasteiger charge is -2.01. The van der Waals surface area contributed by atoms with E-state index in [2.05, 4.69) is 56.6 Å². The lowest BCUT2D eigenvalue weighted by atomic mass is 10.0. The number of benzene rings is 1. The quantitative estimate of drug-likeness (QED) is 0.496. The van der Waals surface area contributed by atoms with Crippen LogP contribution in [0.25, 0.3) is 6.08 Å². The van der Waals surface area contributed by atoms with Gasteiger partial charge in [0.25, 0.3) is 0 Å². The van der Waals surface area contributed by atoms with Gasteiger partial charge in [-0.15, -0.1) is 0 Å². The van der Waals surface area contributed by atoms with Crippen molar-refractivity contribution in [2.75, 3.05) is 0 Å². The molecule has 0 N–H and O–H groups in total. The van der Waals surface area contributed by atoms with E-state index in [-0.39, 0.29) is 0 Å². The highest BCUT2D eigenvalue weighted by molar-refractivity contribution is 5.57. The average molecular weight is 250 g/mol. The summed E-state index contributed by atoms with van der Waals surface area (Å²) in [5.74, 6) is 6.28. The summed E-state index contributed by atoms with van der Waals surface area (Å²) in [5.41, 5.74) is 4.54. The summed E-state index contributed by atoms with van der Waals surface area (Å²) in [4.78, 5) is 0. The van der Waals surface area contributed by atoms with Gasteiger partial charge in [0.15, 0.2) is 0 Å². The third-order valence-corrected chi connectivity index (χ3v) is 2.74. The third-order valence-electron chi connectivity index (χ3n) is 2.74. The molecule has 98 valence electrons. The molecule has 0 saturated heterocycles. The molecule has 1 aromatic rings. The zero-order chi connectivity index (χ0) is 14.1. The SMILES string of the molecule is C=C(C)C#CC(/C=C/c1ccccc1)=C(/C)CCC. The van der Waals surface area contributed by atoms with Crippen molar-refractivity contribution in [3.8, 4) is 11.8 Å². The van der Waals surface area contributed by atoms with E-state index in [9.17, 15) is 0 Å². The summed E-state index contributed by atoms with van der Waals surface area (Å²) in [7, 11) is 0. The molecule has 0 atom stereocenters. The molecule has 0 fully saturated rings. The molecule has 0 aliphatic carbocycles. The number of hydrogen-bond acceptors (Lipinski definition) is 0. The first kappa shape index (κ1) is 15.1. The Labute approximate surface area is 117 Å². The highest BCUT2D eigenvalue weighted by atomic mass is 14.0. The summed E-state index contributed by atoms with van der Waals surface area (Å²) in [6.07, 6.45) is 6.44. The molecule has 0 radical (unpaired) electrons. The van der Waals surface area contributed by atoms with Gasteiger partial charge in [0.2, 0.25) is 0 Å². The van der Waals surface area contributed by atoms with E-state index in [1.165, 1.54) is 11.1 Å². The fourth-order valence-electron chi connectivity index (χ4n) is 1.72. The maximum atomic E-state index is 3.83. The Morgan fingerprint density at radius 2 is 1.84 bits per heavy atom. The van der Waals surface area contributed by atoms with Gasteiger partial charge >= 0.3 is 0 Å². The summed E-state index contributed by atoms with van der Waals surface area (Å²) >= 11 is 0. The zero-order valence-electron chi connectivity index (χ0n) is 12.2. The van der Waals surface area contributed by atoms with Crippen LogP contribution in [0.1, 0.15) is 39.2 Å². The zero-order valence-corrected chi connectivity index (χ0v) is 12.2. The molecule has 0 heterocycles. The molecule has 19 heavy (non-hydrogen) atoms. The van der Waals surface area contributed by atoms with Gasteiger partial charge in [-0.3, -0.25) is 0 Å². The largest absolute Gasteiger partial charge is 0.0877 e. The Morgan fingerprint density at radius 1 is 1.16 bits per heavy atom. The van der Waals surface area contributed by atoms with Crippen LogP contribution in [0.5, 0.6) is 0 Å². The van der Waals surface area contributed by atoms with Crippen LogP contribution in [0.15, 0.2) is 59.7 Å². The van der Waals surface area contributed by atoms with Crippen molar-refractivity contribution in [3.05, 3.63) is 65.3 Å². The first-order valence-corrected chi connectivity index (χ1v) is 6.74. The Morgan fingerprint density at radius 3 is 2.42 bits per heavy atom. The fourth-order valence-corrected chi connectivity index (χ4v) is 1.72. The second kappa shape index (κ2) is 8.16. The van der Waals surface area contributed by atoms with Gasteiger partial charge < -0.3 is 0 Å². The van der Waals surface area contributed by atoms with E-state index >= 15 is 0 Å². The van der Waals surface area contributed by atoms with Gasteiger partial charge in [-0.1, -0.05) is 73.7 Å². The smallest absolute Gasteiger partial charge is 0.0238 e. The summed E-state index contributed by atoms with van der Waals surface area (Å²) in [6, 6.07) is 10.3. The van der Waals surface area contributed by atoms with E-state index in [4.69, 9.17) is 0 Å². The van der Waals surface area contributed by atoms with Crippen LogP contribution < -0.4 is 0 Å². The Balaban J connectivity index is 3.00. The van der Waals surface area contributed by atoms with Gasteiger partial charge in [0, 0.05) is 5.57 Å². The van der Waals surface area contributed by atoms with Crippen molar-refractivity contribution in [1.82, 2.24) is 0 Å². The van der Waals surface area contributed by atoms with Crippen molar-refractivity contribution in [2.24, 2.45) is 0 Å². The van der Waals surface area contributed by atoms with Crippen molar-refractivity contribution in [1.29, 1.82) is 0 Å². The maximum absolute atomic E-state index is 3.83. The topological polar surface area (TPSA) is 0 Å². The van der Waals surface area contributed by atoms with E-state index < -0.39 is 0 Å². The lowest BCUT2D eigenvalue weighted by Crippen LogP contribution is -1.84. The van der Waals surface area contributed by atoms with Crippen LogP contribution in [0.3, 0.4) is 0 Å². The molecule has 0 aliphatic rings. The lowest BCUT2D eigenvalue weighted by molar-refractivity contribution is 0.901. The molecule has 0 spiro atoms. The van der Waals surface area contributed by atoms with Crippen LogP contribution in [0.2, 0.25) is 0 Å². The highest BCUT2D eigenvalue weighted by Crippen LogP contribution is 2.13. The molecule has 0 heteroatoms. The molecule has 0 aromatic heterocycles. The Bertz CT molecular complexity index is 530. The van der Waals surface area contributed by atoms with Gasteiger partial charge in [0.05, 0.1) is 0 Å². The number of rotatable bonds is 4. The second-order valence-electron chi connectivity index (χ2n) is 4.72. The molecule has 0 amide bonds. The Hall–Kier alpha value is -2.00. The molecule has 0 unspecified atom stereocenters. The first-order chi connectivity index (χ1) is 9.13. The minimum Gasteiger partial charge on any atom is -0.0877 e. The summed E-state index contributed by atoms with van der Waals surface area (Å²) < 4.78 is 0. The van der Waals surface area contributed by atoms with E-state index in [0.717, 1.165) is 24.0 Å². The van der Waals surface area contributed by atoms with Crippen LogP contribution in [0, 0.1) is 11.8 Å². The minimum absolute atomic E-state index is 0.898. The van der Waals surface area contributed by atoms with Crippen LogP contribution >= 0.6 is 0 Å². The predicted octanol–water partition coefficient (Wildman–Crippen LogP) is 5.40. The molecule has 1 aromatic carbocycles. The fraction of sp³-hybridized carbons (Fsp3) is 0.263. The van der Waals surface area contributed by atoms with Crippen LogP contribution in [-0.2, 0) is 0 Å². The Kier molecular flexibility index (Phi) is 6.47. The van der Waals surface area contributed by atoms with Crippen molar-refractivity contribution >= 4 is 6.08 Å². The van der Waals surface area contributed by atoms with Gasteiger partial charge in [0.1, 0.15) is 0 Å². The monoisotopic (exact) mass is 250 g/mol. The van der Waals surface area contributed by atoms with E-state index in [1.807, 2.05) is 25.1 Å². The first-order valence-electron chi connectivity index (χ1n) is 6.74. The molecular formula is C19H22. The number of allylic oxidation sites excluding steroid dienone is 4. The van der Waals surface area contributed by atoms with E-state index in [1.54, 1.807) is 0 Å². The molecule has 0 aliphatic heterocycles. The predicted molar refractivity (Wildman–Crippen MR) is 85.7 cm³/mol. The minimum atomic E-state index is 0.898. The summed E-state index contributed by atoms with van der Waals surface area (Å²) in [5, 5.41) is 0. The third kappa shape index (κ3) is 5.93. The summed E-state index contributed by atoms with van der Waals surface area (Å²) in [6.45, 7) is 10.1. The van der Waals surface area contributed by atoms with Crippen LogP contribution in [-0.4, -0.2) is 0 Å². The molecule has 0 nitrogen and oxygen atoms in total. The van der Waals surface area contributed by atoms with Gasteiger partial charge in [-0.25, -0.2) is 0 Å². The van der Waals surface area contributed by atoms with Gasteiger partial charge in [-0.2, -0.15) is 0 Å². The molecule has 1 rings (SSSR count). The maximum Gasteiger partial charge on any atom is 0.0238 e. The molecule has 0 bridgehead atoms. The number of hydrogen-bond donors (Lipinski definition) is 0. The second-order valence-corrected chi connectivity index (χ2v) is 4.72. The highest BCUT2D eigenvalue weighted by Gasteiger charge is 1.95. The van der Waals surface area contributed by atoms with Crippen molar-refractivity contribution < 1.29 is 0 Å². The van der Waals surface area contributed by atoms with Gasteiger partial charge in [-0.05, 0) is 37.5 Å². The molecular weight excluding hydrogens is 228 g/mol. The standard InChI is InChI=1S/C19H22/c1-5-9-17(4)19(14-12-16(2)3)15-13-18-10-7-6-8-11-18/h6-8,10-11,13,15H,2,5,9H2,1,3-4H3/b15-13+,19-17+. The van der Waals surface area contributed by atoms with Crippen molar-refractivity contribution in [2.45, 2.75) is 33.6 Å². The van der Waals surface area contributed by atoms with E-state index in [0.29, 0.717) is 0 Å². The normalized spacial score (nSPS) is 11.7.